The molecule has 0 radical (unpaired) electrons. The van der Waals surface area contributed by atoms with Gasteiger partial charge in [-0.1, -0.05) is 27.2 Å². The lowest BCUT2D eigenvalue weighted by Crippen LogP contribution is -2.45. The summed E-state index contributed by atoms with van der Waals surface area (Å²) in [7, 11) is 0. The van der Waals surface area contributed by atoms with Crippen LogP contribution in [0.2, 0.25) is 0 Å². The van der Waals surface area contributed by atoms with E-state index < -0.39 is 12.1 Å². The molecular formula is C13H25NO4. The maximum atomic E-state index is 11.9. The number of unbranched alkanes of at least 4 members (excludes halogenated alkanes) is 1. The Morgan fingerprint density at radius 1 is 1.28 bits per heavy atom. The van der Waals surface area contributed by atoms with Gasteiger partial charge in [0.15, 0.2) is 0 Å². The molecule has 0 aromatic carbocycles. The largest absolute Gasteiger partial charge is 0.481 e. The molecule has 0 spiro atoms. The van der Waals surface area contributed by atoms with Gasteiger partial charge >= 0.3 is 12.1 Å². The molecule has 5 heteroatoms. The fourth-order valence-corrected chi connectivity index (χ4v) is 1.81. The fourth-order valence-electron chi connectivity index (χ4n) is 1.81. The number of carboxylic acid groups (broad SMARTS) is 1. The molecule has 0 saturated heterocycles. The number of rotatable bonds is 8. The lowest BCUT2D eigenvalue weighted by molar-refractivity contribution is -0.138. The van der Waals surface area contributed by atoms with Crippen molar-refractivity contribution in [3.8, 4) is 0 Å². The summed E-state index contributed by atoms with van der Waals surface area (Å²) in [5.41, 5.74) is 0. The minimum absolute atomic E-state index is 0.0415. The number of hydrogen-bond acceptors (Lipinski definition) is 3. The van der Waals surface area contributed by atoms with Crippen LogP contribution in [0.5, 0.6) is 0 Å². The zero-order chi connectivity index (χ0) is 14.1. The smallest absolute Gasteiger partial charge is 0.410 e. The zero-order valence-corrected chi connectivity index (χ0v) is 11.8. The summed E-state index contributed by atoms with van der Waals surface area (Å²) >= 11 is 0. The Kier molecular flexibility index (Phi) is 8.16. The molecular weight excluding hydrogens is 234 g/mol. The highest BCUT2D eigenvalue weighted by atomic mass is 16.6. The van der Waals surface area contributed by atoms with Crippen molar-refractivity contribution < 1.29 is 19.4 Å². The standard InChI is InChI=1S/C13H25NO4/c1-5-7-8-14(13(17)18-6-2)11(10(3)4)9-12(15)16/h10-11H,5-9H2,1-4H3,(H,15,16). The molecule has 0 aliphatic rings. The number of hydrogen-bond donors (Lipinski definition) is 1. The molecule has 1 amide bonds. The van der Waals surface area contributed by atoms with Gasteiger partial charge < -0.3 is 14.7 Å². The first kappa shape index (κ1) is 16.7. The van der Waals surface area contributed by atoms with Crippen LogP contribution < -0.4 is 0 Å². The van der Waals surface area contributed by atoms with Gasteiger partial charge in [-0.05, 0) is 19.3 Å². The van der Waals surface area contributed by atoms with Crippen molar-refractivity contribution in [3.63, 3.8) is 0 Å². The van der Waals surface area contributed by atoms with Gasteiger partial charge in [-0.2, -0.15) is 0 Å². The van der Waals surface area contributed by atoms with E-state index in [1.807, 2.05) is 20.8 Å². The van der Waals surface area contributed by atoms with Crippen LogP contribution in [0.15, 0.2) is 0 Å². The van der Waals surface area contributed by atoms with E-state index in [2.05, 4.69) is 0 Å². The minimum atomic E-state index is -0.889. The number of carbonyl (C=O) groups excluding carboxylic acids is 1. The van der Waals surface area contributed by atoms with Gasteiger partial charge in [0.1, 0.15) is 0 Å². The van der Waals surface area contributed by atoms with Crippen molar-refractivity contribution in [2.45, 2.75) is 53.0 Å². The molecule has 106 valence electrons. The van der Waals surface area contributed by atoms with Crippen molar-refractivity contribution in [2.75, 3.05) is 13.2 Å². The number of ether oxygens (including phenoxy) is 1. The second kappa shape index (κ2) is 8.78. The van der Waals surface area contributed by atoms with Crippen LogP contribution >= 0.6 is 0 Å². The zero-order valence-electron chi connectivity index (χ0n) is 11.8. The maximum Gasteiger partial charge on any atom is 0.410 e. The highest BCUT2D eigenvalue weighted by molar-refractivity contribution is 5.71. The van der Waals surface area contributed by atoms with Crippen molar-refractivity contribution in [1.82, 2.24) is 4.90 Å². The molecule has 0 heterocycles. The van der Waals surface area contributed by atoms with E-state index in [0.29, 0.717) is 13.2 Å². The van der Waals surface area contributed by atoms with Crippen LogP contribution in [0.4, 0.5) is 4.79 Å². The normalized spacial score (nSPS) is 12.3. The minimum Gasteiger partial charge on any atom is -0.481 e. The van der Waals surface area contributed by atoms with Gasteiger partial charge in [0.05, 0.1) is 13.0 Å². The highest BCUT2D eigenvalue weighted by Gasteiger charge is 2.28. The number of nitrogens with zero attached hydrogens (tertiary/aromatic N) is 1. The van der Waals surface area contributed by atoms with E-state index >= 15 is 0 Å². The topological polar surface area (TPSA) is 66.8 Å². The van der Waals surface area contributed by atoms with Crippen molar-refractivity contribution >= 4 is 12.1 Å². The average Bonchev–Trinajstić information content (AvgIpc) is 2.27. The van der Waals surface area contributed by atoms with E-state index in [9.17, 15) is 9.59 Å². The van der Waals surface area contributed by atoms with E-state index in [1.165, 1.54) is 0 Å². The maximum absolute atomic E-state index is 11.9. The predicted molar refractivity (Wildman–Crippen MR) is 69.5 cm³/mol. The number of amides is 1. The third kappa shape index (κ3) is 5.89. The third-order valence-electron chi connectivity index (χ3n) is 2.81. The molecule has 0 aliphatic heterocycles. The molecule has 0 fully saturated rings. The second-order valence-electron chi connectivity index (χ2n) is 4.66. The van der Waals surface area contributed by atoms with E-state index in [0.717, 1.165) is 12.8 Å². The summed E-state index contributed by atoms with van der Waals surface area (Å²) in [5.74, 6) is -0.804. The van der Waals surface area contributed by atoms with Gasteiger partial charge in [0.25, 0.3) is 0 Å². The number of aliphatic carboxylic acids is 1. The van der Waals surface area contributed by atoms with Crippen LogP contribution in [-0.2, 0) is 9.53 Å². The first-order chi connectivity index (χ1) is 8.43. The van der Waals surface area contributed by atoms with E-state index in [-0.39, 0.29) is 18.4 Å². The van der Waals surface area contributed by atoms with Crippen molar-refractivity contribution in [3.05, 3.63) is 0 Å². The molecule has 0 saturated carbocycles. The lowest BCUT2D eigenvalue weighted by Gasteiger charge is -2.32. The average molecular weight is 259 g/mol. The Hall–Kier alpha value is -1.26. The molecule has 1 N–H and O–H groups in total. The Morgan fingerprint density at radius 3 is 2.28 bits per heavy atom. The predicted octanol–water partition coefficient (Wildman–Crippen LogP) is 2.74. The van der Waals surface area contributed by atoms with Crippen LogP contribution in [0, 0.1) is 5.92 Å². The molecule has 0 aromatic heterocycles. The SMILES string of the molecule is CCCCN(C(=O)OCC)C(CC(=O)O)C(C)C. The van der Waals surface area contributed by atoms with Gasteiger partial charge in [-0.15, -0.1) is 0 Å². The summed E-state index contributed by atoms with van der Waals surface area (Å²) in [6, 6.07) is -0.312. The van der Waals surface area contributed by atoms with Crippen molar-refractivity contribution in [1.29, 1.82) is 0 Å². The molecule has 0 aliphatic carbocycles. The van der Waals surface area contributed by atoms with Gasteiger partial charge in [0, 0.05) is 12.6 Å². The van der Waals surface area contributed by atoms with Crippen LogP contribution in [-0.4, -0.2) is 41.3 Å². The summed E-state index contributed by atoms with van der Waals surface area (Å²) < 4.78 is 5.01. The van der Waals surface area contributed by atoms with E-state index in [1.54, 1.807) is 11.8 Å². The fraction of sp³-hybridized carbons (Fsp3) is 0.846. The van der Waals surface area contributed by atoms with Crippen molar-refractivity contribution in [2.24, 2.45) is 5.92 Å². The molecule has 1 unspecified atom stereocenters. The summed E-state index contributed by atoms with van der Waals surface area (Å²) in [6.07, 6.45) is 1.35. The van der Waals surface area contributed by atoms with Crippen LogP contribution in [0.1, 0.15) is 47.0 Å². The lowest BCUT2D eigenvalue weighted by atomic mass is 9.99. The quantitative estimate of drug-likeness (QED) is 0.727. The molecule has 5 nitrogen and oxygen atoms in total. The molecule has 18 heavy (non-hydrogen) atoms. The molecule has 0 rings (SSSR count). The van der Waals surface area contributed by atoms with Crippen LogP contribution in [0.3, 0.4) is 0 Å². The first-order valence-electron chi connectivity index (χ1n) is 6.59. The Balaban J connectivity index is 4.84. The monoisotopic (exact) mass is 259 g/mol. The molecule has 0 aromatic rings. The van der Waals surface area contributed by atoms with Gasteiger partial charge in [0.2, 0.25) is 0 Å². The van der Waals surface area contributed by atoms with Gasteiger partial charge in [-0.3, -0.25) is 4.79 Å². The Labute approximate surface area is 109 Å². The third-order valence-corrected chi connectivity index (χ3v) is 2.81. The first-order valence-corrected chi connectivity index (χ1v) is 6.59. The van der Waals surface area contributed by atoms with Gasteiger partial charge in [-0.25, -0.2) is 4.79 Å². The molecule has 0 bridgehead atoms. The molecule has 1 atom stereocenters. The Morgan fingerprint density at radius 2 is 1.89 bits per heavy atom. The number of carboxylic acids is 1. The second-order valence-corrected chi connectivity index (χ2v) is 4.66. The van der Waals surface area contributed by atoms with Crippen LogP contribution in [0.25, 0.3) is 0 Å². The number of carbonyl (C=O) groups is 2. The highest BCUT2D eigenvalue weighted by Crippen LogP contribution is 2.17. The summed E-state index contributed by atoms with van der Waals surface area (Å²) in [4.78, 5) is 24.3. The summed E-state index contributed by atoms with van der Waals surface area (Å²) in [5, 5.41) is 8.94. The Bertz CT molecular complexity index is 266. The van der Waals surface area contributed by atoms with E-state index in [4.69, 9.17) is 9.84 Å². The summed E-state index contributed by atoms with van der Waals surface area (Å²) in [6.45, 7) is 8.48.